The second kappa shape index (κ2) is 4.52. The molecule has 0 aliphatic heterocycles. The van der Waals surface area contributed by atoms with Crippen molar-refractivity contribution in [2.45, 2.75) is 32.1 Å². The maximum absolute atomic E-state index is 10.9. The fourth-order valence-electron chi connectivity index (χ4n) is 1.46. The molecular weight excluding hydrogens is 224 g/mol. The molecule has 0 atom stereocenters. The Morgan fingerprint density at radius 2 is 2.24 bits per heavy atom. The third kappa shape index (κ3) is 2.43. The maximum Gasteiger partial charge on any atom is 0.372 e. The molecule has 92 valence electrons. The monoisotopic (exact) mass is 238 g/mol. The highest BCUT2D eigenvalue weighted by Crippen LogP contribution is 2.41. The zero-order chi connectivity index (χ0) is 12.4. The van der Waals surface area contributed by atoms with Crippen LogP contribution in [0.2, 0.25) is 0 Å². The fourth-order valence-corrected chi connectivity index (χ4v) is 1.46. The summed E-state index contributed by atoms with van der Waals surface area (Å²) < 4.78 is 5.27. The molecular formula is C10H14N4O3. The van der Waals surface area contributed by atoms with Crippen LogP contribution in [-0.4, -0.2) is 21.5 Å². The highest BCUT2D eigenvalue weighted by molar-refractivity contribution is 5.59. The van der Waals surface area contributed by atoms with Gasteiger partial charge in [-0.05, 0) is 19.3 Å². The largest absolute Gasteiger partial charge is 0.473 e. The molecule has 1 heterocycles. The number of nitrogens with two attached hydrogens (primary N) is 1. The first-order valence-corrected chi connectivity index (χ1v) is 5.58. The van der Waals surface area contributed by atoms with E-state index in [-0.39, 0.29) is 23.3 Å². The Morgan fingerprint density at radius 3 is 2.76 bits per heavy atom. The van der Waals surface area contributed by atoms with Gasteiger partial charge in [0.05, 0.1) is 11.5 Å². The minimum absolute atomic E-state index is 0.00810. The van der Waals surface area contributed by atoms with Crippen LogP contribution in [0.4, 0.5) is 11.5 Å². The summed E-state index contributed by atoms with van der Waals surface area (Å²) in [7, 11) is 0. The van der Waals surface area contributed by atoms with Crippen LogP contribution in [0.3, 0.4) is 0 Å². The summed E-state index contributed by atoms with van der Waals surface area (Å²) >= 11 is 0. The van der Waals surface area contributed by atoms with E-state index in [2.05, 4.69) is 9.97 Å². The summed E-state index contributed by atoms with van der Waals surface area (Å²) in [6.07, 6.45) is 2.76. The number of ether oxygens (including phenoxy) is 1. The molecule has 7 heteroatoms. The van der Waals surface area contributed by atoms with E-state index >= 15 is 0 Å². The zero-order valence-electron chi connectivity index (χ0n) is 9.55. The first kappa shape index (κ1) is 11.6. The molecule has 2 N–H and O–H groups in total. The summed E-state index contributed by atoms with van der Waals surface area (Å²) in [5, 5.41) is 10.9. The van der Waals surface area contributed by atoms with Gasteiger partial charge in [-0.1, -0.05) is 6.92 Å². The number of nitrogen functional groups attached to an aromatic ring is 1. The van der Waals surface area contributed by atoms with Crippen LogP contribution in [0, 0.1) is 10.1 Å². The second-order valence-corrected chi connectivity index (χ2v) is 4.00. The van der Waals surface area contributed by atoms with E-state index in [0.29, 0.717) is 12.4 Å². The van der Waals surface area contributed by atoms with Crippen molar-refractivity contribution in [2.75, 3.05) is 12.3 Å². The van der Waals surface area contributed by atoms with Crippen LogP contribution >= 0.6 is 0 Å². The Hall–Kier alpha value is -1.92. The Morgan fingerprint density at radius 1 is 1.53 bits per heavy atom. The van der Waals surface area contributed by atoms with Crippen molar-refractivity contribution in [2.24, 2.45) is 0 Å². The van der Waals surface area contributed by atoms with E-state index in [1.807, 2.05) is 6.92 Å². The van der Waals surface area contributed by atoms with Crippen LogP contribution in [0.1, 0.15) is 37.9 Å². The Balaban J connectivity index is 2.38. The lowest BCUT2D eigenvalue weighted by Crippen LogP contribution is -2.08. The van der Waals surface area contributed by atoms with Gasteiger partial charge in [0, 0.05) is 5.92 Å². The van der Waals surface area contributed by atoms with Gasteiger partial charge in [-0.2, -0.15) is 4.98 Å². The van der Waals surface area contributed by atoms with E-state index in [0.717, 1.165) is 19.3 Å². The predicted octanol–water partition coefficient (Wildman–Crippen LogP) is 1.63. The molecule has 1 fully saturated rings. The average molecular weight is 238 g/mol. The van der Waals surface area contributed by atoms with E-state index in [4.69, 9.17) is 10.5 Å². The minimum Gasteiger partial charge on any atom is -0.473 e. The lowest BCUT2D eigenvalue weighted by Gasteiger charge is -2.07. The Kier molecular flexibility index (Phi) is 3.08. The number of nitrogens with zero attached hydrogens (tertiary/aromatic N) is 3. The van der Waals surface area contributed by atoms with Crippen molar-refractivity contribution in [1.29, 1.82) is 0 Å². The number of anilines is 1. The molecule has 0 radical (unpaired) electrons. The van der Waals surface area contributed by atoms with Gasteiger partial charge in [0.2, 0.25) is 5.82 Å². The molecule has 1 aliphatic carbocycles. The van der Waals surface area contributed by atoms with Crippen molar-refractivity contribution in [1.82, 2.24) is 9.97 Å². The van der Waals surface area contributed by atoms with E-state index < -0.39 is 4.92 Å². The van der Waals surface area contributed by atoms with Crippen molar-refractivity contribution in [3.05, 3.63) is 15.9 Å². The zero-order valence-corrected chi connectivity index (χ0v) is 9.55. The minimum atomic E-state index is -0.600. The SMILES string of the molecule is CCCOc1nc(C2CC2)nc(N)c1[N+](=O)[O-]. The molecule has 1 aliphatic rings. The highest BCUT2D eigenvalue weighted by atomic mass is 16.6. The third-order valence-corrected chi connectivity index (χ3v) is 2.46. The molecule has 0 aromatic carbocycles. The smallest absolute Gasteiger partial charge is 0.372 e. The van der Waals surface area contributed by atoms with E-state index in [9.17, 15) is 10.1 Å². The molecule has 2 rings (SSSR count). The Bertz CT molecular complexity index is 445. The van der Waals surface area contributed by atoms with Gasteiger partial charge in [0.1, 0.15) is 5.82 Å². The van der Waals surface area contributed by atoms with Gasteiger partial charge in [-0.25, -0.2) is 4.98 Å². The molecule has 1 aromatic rings. The first-order valence-electron chi connectivity index (χ1n) is 5.58. The van der Waals surface area contributed by atoms with Crippen LogP contribution in [0.25, 0.3) is 0 Å². The Labute approximate surface area is 98.2 Å². The number of rotatable bonds is 5. The van der Waals surface area contributed by atoms with Gasteiger partial charge < -0.3 is 10.5 Å². The molecule has 17 heavy (non-hydrogen) atoms. The molecule has 7 nitrogen and oxygen atoms in total. The van der Waals surface area contributed by atoms with Gasteiger partial charge in [0.15, 0.2) is 0 Å². The molecule has 0 amide bonds. The van der Waals surface area contributed by atoms with Crippen LogP contribution < -0.4 is 10.5 Å². The van der Waals surface area contributed by atoms with Crippen molar-refractivity contribution in [3.8, 4) is 5.88 Å². The summed E-state index contributed by atoms with van der Waals surface area (Å²) in [5.41, 5.74) is 5.26. The third-order valence-electron chi connectivity index (χ3n) is 2.46. The number of hydrogen-bond donors (Lipinski definition) is 1. The lowest BCUT2D eigenvalue weighted by molar-refractivity contribution is -0.385. The van der Waals surface area contributed by atoms with E-state index in [1.165, 1.54) is 0 Å². The molecule has 0 saturated heterocycles. The normalized spacial score (nSPS) is 14.6. The van der Waals surface area contributed by atoms with Crippen molar-refractivity contribution < 1.29 is 9.66 Å². The van der Waals surface area contributed by atoms with Gasteiger partial charge >= 0.3 is 5.69 Å². The molecule has 0 bridgehead atoms. The first-order chi connectivity index (χ1) is 8.13. The number of hydrogen-bond acceptors (Lipinski definition) is 6. The van der Waals surface area contributed by atoms with Crippen LogP contribution in [-0.2, 0) is 0 Å². The molecule has 1 saturated carbocycles. The quantitative estimate of drug-likeness (QED) is 0.617. The molecule has 1 aromatic heterocycles. The van der Waals surface area contributed by atoms with Crippen molar-refractivity contribution in [3.63, 3.8) is 0 Å². The second-order valence-electron chi connectivity index (χ2n) is 4.00. The topological polar surface area (TPSA) is 104 Å². The fraction of sp³-hybridized carbons (Fsp3) is 0.600. The van der Waals surface area contributed by atoms with Crippen LogP contribution in [0.15, 0.2) is 0 Å². The number of aromatic nitrogens is 2. The summed E-state index contributed by atoms with van der Waals surface area (Å²) in [6.45, 7) is 2.29. The summed E-state index contributed by atoms with van der Waals surface area (Å²) in [5.74, 6) is 0.713. The van der Waals surface area contributed by atoms with Gasteiger partial charge in [-0.15, -0.1) is 0 Å². The van der Waals surface area contributed by atoms with Crippen molar-refractivity contribution >= 4 is 11.5 Å². The van der Waals surface area contributed by atoms with Crippen LogP contribution in [0.5, 0.6) is 5.88 Å². The average Bonchev–Trinajstić information content (AvgIpc) is 3.08. The predicted molar refractivity (Wildman–Crippen MR) is 60.9 cm³/mol. The maximum atomic E-state index is 10.9. The van der Waals surface area contributed by atoms with E-state index in [1.54, 1.807) is 0 Å². The standard InChI is InChI=1S/C10H14N4O3/c1-2-5-17-10-7(14(15)16)8(11)12-9(13-10)6-3-4-6/h6H,2-5H2,1H3,(H2,11,12,13). The van der Waals surface area contributed by atoms with Gasteiger partial charge in [-0.3, -0.25) is 10.1 Å². The molecule has 0 unspecified atom stereocenters. The molecule has 0 spiro atoms. The summed E-state index contributed by atoms with van der Waals surface area (Å²) in [4.78, 5) is 18.3. The summed E-state index contributed by atoms with van der Waals surface area (Å²) in [6, 6.07) is 0. The number of nitro groups is 1. The van der Waals surface area contributed by atoms with Gasteiger partial charge in [0.25, 0.3) is 5.88 Å². The lowest BCUT2D eigenvalue weighted by atomic mass is 10.3. The highest BCUT2D eigenvalue weighted by Gasteiger charge is 2.32.